The number of furan rings is 2. The SMILES string of the molecule is Cn1nc(-c2ccco2)cc1-c1ccc(NC(=O)c2c(F)cccc2F)nc1.Cn1nc(-c2ccco2)cc1-c1ccc(NC(=O)c2ccccc2F)nc1.Cn1nc(-c2cccs2)cc1-c1ccc(NC(=O)c2c(F)cccc2F)nc1.Cn1nc(-c2cccs2)cc1-c1ccc(NC(=O)c2ccccc2Cl)nc1.Cn1nc(-c2cccs2)cc1-c1ccc(NC(=O)c2ccccc2F)nc1. The van der Waals surface area contributed by atoms with E-state index in [9.17, 15) is 50.3 Å². The average Bonchev–Trinajstić information content (AvgIpc) is 1.82. The highest BCUT2D eigenvalue weighted by molar-refractivity contribution is 7.14. The molecule has 0 fully saturated rings. The molecule has 37 heteroatoms. The molecule has 0 spiro atoms. The van der Waals surface area contributed by atoms with Crippen LogP contribution in [0.3, 0.4) is 0 Å². The Morgan fingerprint density at radius 3 is 0.810 bits per heavy atom. The van der Waals surface area contributed by atoms with E-state index < -0.39 is 69.7 Å². The molecule has 137 heavy (non-hydrogen) atoms. The van der Waals surface area contributed by atoms with Crippen LogP contribution in [0.2, 0.25) is 5.02 Å². The predicted molar refractivity (Wildman–Crippen MR) is 514 cm³/mol. The molecular formula is C100H73ClF6N20O7S3. The van der Waals surface area contributed by atoms with Gasteiger partial charge in [0.2, 0.25) is 0 Å². The van der Waals surface area contributed by atoms with E-state index in [0.717, 1.165) is 118 Å². The van der Waals surface area contributed by atoms with E-state index in [1.54, 1.807) is 188 Å². The van der Waals surface area contributed by atoms with Gasteiger partial charge in [-0.05, 0) is 210 Å². The van der Waals surface area contributed by atoms with Crippen molar-refractivity contribution in [1.29, 1.82) is 0 Å². The van der Waals surface area contributed by atoms with Gasteiger partial charge in [-0.1, -0.05) is 78.3 Å². The van der Waals surface area contributed by atoms with Crippen LogP contribution in [0.5, 0.6) is 0 Å². The van der Waals surface area contributed by atoms with Crippen LogP contribution in [0, 0.1) is 34.9 Å². The van der Waals surface area contributed by atoms with Crippen LogP contribution >= 0.6 is 45.6 Å². The number of rotatable bonds is 20. The summed E-state index contributed by atoms with van der Waals surface area (Å²) in [6, 6.07) is 71.3. The van der Waals surface area contributed by atoms with Crippen molar-refractivity contribution >= 4 is 104 Å². The van der Waals surface area contributed by atoms with Crippen molar-refractivity contribution in [3.63, 3.8) is 0 Å². The lowest BCUT2D eigenvalue weighted by Gasteiger charge is -2.07. The van der Waals surface area contributed by atoms with Crippen LogP contribution in [0.1, 0.15) is 51.8 Å². The molecule has 0 saturated carbocycles. The van der Waals surface area contributed by atoms with Crippen molar-refractivity contribution in [2.24, 2.45) is 35.2 Å². The molecule has 20 rings (SSSR count). The molecule has 0 bridgehead atoms. The number of hydrogen-bond acceptors (Lipinski definition) is 20. The van der Waals surface area contributed by atoms with Crippen molar-refractivity contribution in [2.75, 3.05) is 26.6 Å². The fraction of sp³-hybridized carbons (Fsp3) is 0.0500. The molecule has 682 valence electrons. The van der Waals surface area contributed by atoms with E-state index in [4.69, 9.17) is 20.4 Å². The molecule has 5 N–H and O–H groups in total. The van der Waals surface area contributed by atoms with Gasteiger partial charge in [0.25, 0.3) is 29.5 Å². The molecule has 0 radical (unpaired) electrons. The molecule has 5 amide bonds. The second kappa shape index (κ2) is 42.6. The molecule has 0 saturated heterocycles. The van der Waals surface area contributed by atoms with Crippen LogP contribution in [0.4, 0.5) is 55.4 Å². The number of carbonyl (C=O) groups is 5. The second-order valence-electron chi connectivity index (χ2n) is 29.6. The molecule has 0 aliphatic heterocycles. The summed E-state index contributed by atoms with van der Waals surface area (Å²) in [7, 11) is 9.23. The second-order valence-corrected chi connectivity index (χ2v) is 32.9. The van der Waals surface area contributed by atoms with Crippen molar-refractivity contribution < 1.29 is 59.1 Å². The van der Waals surface area contributed by atoms with Gasteiger partial charge in [-0.3, -0.25) is 47.4 Å². The number of carbonyl (C=O) groups excluding carboxylic acids is 5. The van der Waals surface area contributed by atoms with E-state index in [1.807, 2.05) is 146 Å². The highest BCUT2D eigenvalue weighted by Crippen LogP contribution is 2.35. The number of halogens is 7. The van der Waals surface area contributed by atoms with Gasteiger partial charge in [0.05, 0.1) is 77.3 Å². The molecule has 0 unspecified atom stereocenters. The smallest absolute Gasteiger partial charge is 0.262 e. The standard InChI is InChI=1S/C20H15ClN4OS.C20H14F2N4O2.C20H14F2N4OS.C20H15FN4O2.C20H15FN4OS/c1-25-17(11-16(24-25)18-7-4-10-27-18)13-8-9-19(22-12-13)23-20(26)14-5-2-3-6-15(14)21;2*1-26-16(10-15(25-26)17-6-3-9-28-17)12-7-8-18(23-11-12)24-20(27)19-13(21)4-2-5-14(19)22;2*1-25-17(11-16(24-25)18-7-4-10-27-18)13-8-9-19(22-12-13)23-20(26)14-5-2-3-6-15(14)21/h2-12H,1H3,(H,22,23,26);2*2-11H,1H3,(H,23,24,27);2*2-12H,1H3,(H,22,23,26). The Bertz CT molecular complexity index is 6980. The molecule has 20 aromatic rings. The Balaban J connectivity index is 0.000000124. The molecule has 0 atom stereocenters. The largest absolute Gasteiger partial charge is 0.463 e. The maximum atomic E-state index is 13.7. The van der Waals surface area contributed by atoms with E-state index in [2.05, 4.69) is 77.0 Å². The maximum absolute atomic E-state index is 13.7. The van der Waals surface area contributed by atoms with Gasteiger partial charge in [0, 0.05) is 94.0 Å². The van der Waals surface area contributed by atoms with E-state index >= 15 is 0 Å². The van der Waals surface area contributed by atoms with Gasteiger partial charge in [-0.2, -0.15) is 25.5 Å². The van der Waals surface area contributed by atoms with Crippen LogP contribution in [0.25, 0.3) is 111 Å². The molecular weight excluding hydrogens is 1840 g/mol. The third-order valence-electron chi connectivity index (χ3n) is 20.5. The van der Waals surface area contributed by atoms with Crippen LogP contribution in [-0.2, 0) is 35.2 Å². The molecule has 0 aliphatic rings. The van der Waals surface area contributed by atoms with Crippen LogP contribution in [-0.4, -0.2) is 103 Å². The Labute approximate surface area is 793 Å². The topological polar surface area (TPSA) is 325 Å². The van der Waals surface area contributed by atoms with Gasteiger partial charge in [-0.15, -0.1) is 34.0 Å². The van der Waals surface area contributed by atoms with Crippen LogP contribution < -0.4 is 26.6 Å². The normalized spacial score (nSPS) is 10.8. The Morgan fingerprint density at radius 2 is 0.547 bits per heavy atom. The molecule has 15 heterocycles. The maximum Gasteiger partial charge on any atom is 0.262 e. The minimum atomic E-state index is -0.936. The number of aryl methyl sites for hydroxylation is 5. The fourth-order valence-corrected chi connectivity index (χ4v) is 16.0. The summed E-state index contributed by atoms with van der Waals surface area (Å²) >= 11 is 10.9. The average molecular weight is 1910 g/mol. The lowest BCUT2D eigenvalue weighted by atomic mass is 10.1. The monoisotopic (exact) mass is 1910 g/mol. The summed E-state index contributed by atoms with van der Waals surface area (Å²) in [4.78, 5) is 85.4. The molecule has 0 aliphatic carbocycles. The molecule has 27 nitrogen and oxygen atoms in total. The van der Waals surface area contributed by atoms with Crippen molar-refractivity contribution in [1.82, 2.24) is 73.8 Å². The van der Waals surface area contributed by atoms with Gasteiger partial charge in [-0.25, -0.2) is 51.3 Å². The first-order chi connectivity index (χ1) is 66.4. The molecule has 5 aromatic carbocycles. The number of anilines is 5. The third-order valence-corrected chi connectivity index (χ3v) is 23.5. The zero-order chi connectivity index (χ0) is 95.8. The van der Waals surface area contributed by atoms with Crippen LogP contribution in [0.15, 0.2) is 329 Å². The van der Waals surface area contributed by atoms with Crippen molar-refractivity contribution in [3.8, 4) is 111 Å². The number of amides is 5. The summed E-state index contributed by atoms with van der Waals surface area (Å²) in [5, 5.41) is 41.6. The quantitative estimate of drug-likeness (QED) is 0.0443. The molecule has 15 aromatic heterocycles. The summed E-state index contributed by atoms with van der Waals surface area (Å²) in [5.41, 5.74) is 11.7. The lowest BCUT2D eigenvalue weighted by molar-refractivity contribution is 0.101. The van der Waals surface area contributed by atoms with Gasteiger partial charge in [0.15, 0.2) is 11.5 Å². The number of aromatic nitrogens is 15. The number of nitrogens with one attached hydrogen (secondary N) is 5. The minimum absolute atomic E-state index is 0.0180. The van der Waals surface area contributed by atoms with E-state index in [0.29, 0.717) is 45.3 Å². The number of pyridine rings is 5. The highest BCUT2D eigenvalue weighted by atomic mass is 35.5. The minimum Gasteiger partial charge on any atom is -0.463 e. The highest BCUT2D eigenvalue weighted by Gasteiger charge is 2.24. The van der Waals surface area contributed by atoms with Crippen molar-refractivity contribution in [3.05, 3.63) is 388 Å². The fourth-order valence-electron chi connectivity index (χ4n) is 13.8. The zero-order valence-electron chi connectivity index (χ0n) is 72.5. The van der Waals surface area contributed by atoms with Crippen molar-refractivity contribution in [2.45, 2.75) is 0 Å². The van der Waals surface area contributed by atoms with Gasteiger partial charge >= 0.3 is 0 Å². The van der Waals surface area contributed by atoms with E-state index in [1.165, 1.54) is 54.7 Å². The summed E-state index contributed by atoms with van der Waals surface area (Å²) in [6.45, 7) is 0. The third kappa shape index (κ3) is 22.4. The summed E-state index contributed by atoms with van der Waals surface area (Å²) in [6.07, 6.45) is 11.3. The predicted octanol–water partition coefficient (Wildman–Crippen LogP) is 22.9. The first kappa shape index (κ1) is 93.0. The Hall–Kier alpha value is -17.2. The number of thiophene rings is 3. The first-order valence-corrected chi connectivity index (χ1v) is 44.3. The Morgan fingerprint density at radius 1 is 0.285 bits per heavy atom. The first-order valence-electron chi connectivity index (χ1n) is 41.3. The summed E-state index contributed by atoms with van der Waals surface area (Å²) in [5.74, 6) is -5.20. The lowest BCUT2D eigenvalue weighted by Crippen LogP contribution is -2.16. The summed E-state index contributed by atoms with van der Waals surface area (Å²) < 4.78 is 102. The Kier molecular flexibility index (Phi) is 28.9. The zero-order valence-corrected chi connectivity index (χ0v) is 75.7. The van der Waals surface area contributed by atoms with Gasteiger partial charge in [0.1, 0.15) is 104 Å². The van der Waals surface area contributed by atoms with E-state index in [-0.39, 0.29) is 28.7 Å². The number of hydrogen-bond donors (Lipinski definition) is 5. The van der Waals surface area contributed by atoms with Gasteiger partial charge < -0.3 is 35.4 Å². The number of benzene rings is 5. The number of nitrogens with zero attached hydrogens (tertiary/aromatic N) is 15.